The van der Waals surface area contributed by atoms with E-state index in [0.29, 0.717) is 11.5 Å². The molecule has 1 unspecified atom stereocenters. The van der Waals surface area contributed by atoms with Crippen LogP contribution in [0.25, 0.3) is 0 Å². The molecule has 0 heterocycles. The molecule has 0 saturated heterocycles. The highest BCUT2D eigenvalue weighted by atomic mass is 16.1. The first-order chi connectivity index (χ1) is 7.54. The average molecular weight is 219 g/mol. The maximum absolute atomic E-state index is 10.9. The lowest BCUT2D eigenvalue weighted by Crippen LogP contribution is -2.04. The molecule has 0 aromatic carbocycles. The maximum atomic E-state index is 10.9. The van der Waals surface area contributed by atoms with Crippen molar-refractivity contribution in [2.24, 2.45) is 17.8 Å². The Morgan fingerprint density at radius 2 is 2.00 bits per heavy atom. The SMILES string of the molecule is C/C=C\C(/C=C(/C=O)[C@H](C)C#N)CC(C)C. The van der Waals surface area contributed by atoms with Gasteiger partial charge in [0, 0.05) is 5.57 Å². The molecular formula is C14H21NO. The van der Waals surface area contributed by atoms with Crippen molar-refractivity contribution in [3.05, 3.63) is 23.8 Å². The highest BCUT2D eigenvalue weighted by Gasteiger charge is 2.10. The molecule has 0 aliphatic carbocycles. The predicted octanol–water partition coefficient (Wildman–Crippen LogP) is 3.51. The van der Waals surface area contributed by atoms with Crippen molar-refractivity contribution in [3.8, 4) is 6.07 Å². The van der Waals surface area contributed by atoms with Crippen molar-refractivity contribution < 1.29 is 4.79 Å². The Morgan fingerprint density at radius 3 is 2.38 bits per heavy atom. The van der Waals surface area contributed by atoms with E-state index in [9.17, 15) is 4.79 Å². The second-order valence-electron chi connectivity index (χ2n) is 4.45. The molecule has 2 nitrogen and oxygen atoms in total. The lowest BCUT2D eigenvalue weighted by atomic mass is 9.92. The van der Waals surface area contributed by atoms with E-state index in [0.717, 1.165) is 12.7 Å². The van der Waals surface area contributed by atoms with Crippen LogP contribution in [-0.2, 0) is 4.79 Å². The van der Waals surface area contributed by atoms with E-state index in [1.165, 1.54) is 0 Å². The largest absolute Gasteiger partial charge is 0.298 e. The van der Waals surface area contributed by atoms with Gasteiger partial charge in [-0.15, -0.1) is 0 Å². The molecule has 16 heavy (non-hydrogen) atoms. The van der Waals surface area contributed by atoms with E-state index in [1.807, 2.05) is 19.1 Å². The molecule has 0 aliphatic rings. The van der Waals surface area contributed by atoms with E-state index >= 15 is 0 Å². The molecule has 0 radical (unpaired) electrons. The Hall–Kier alpha value is -1.36. The van der Waals surface area contributed by atoms with Gasteiger partial charge in [0.05, 0.1) is 12.0 Å². The van der Waals surface area contributed by atoms with Crippen LogP contribution in [-0.4, -0.2) is 6.29 Å². The zero-order valence-electron chi connectivity index (χ0n) is 10.6. The molecule has 0 spiro atoms. The molecular weight excluding hydrogens is 198 g/mol. The van der Waals surface area contributed by atoms with Crippen LogP contribution >= 0.6 is 0 Å². The van der Waals surface area contributed by atoms with E-state index in [1.54, 1.807) is 6.92 Å². The van der Waals surface area contributed by atoms with Gasteiger partial charge in [-0.2, -0.15) is 5.26 Å². The van der Waals surface area contributed by atoms with Gasteiger partial charge in [0.15, 0.2) is 0 Å². The van der Waals surface area contributed by atoms with Gasteiger partial charge < -0.3 is 0 Å². The Kier molecular flexibility index (Phi) is 7.20. The van der Waals surface area contributed by atoms with Gasteiger partial charge in [-0.1, -0.05) is 32.1 Å². The summed E-state index contributed by atoms with van der Waals surface area (Å²) in [7, 11) is 0. The summed E-state index contributed by atoms with van der Waals surface area (Å²) in [5, 5.41) is 8.79. The molecule has 2 heteroatoms. The smallest absolute Gasteiger partial charge is 0.147 e. The van der Waals surface area contributed by atoms with Crippen molar-refractivity contribution in [1.29, 1.82) is 5.26 Å². The molecule has 0 saturated carbocycles. The number of nitrogens with zero attached hydrogens (tertiary/aromatic N) is 1. The average Bonchev–Trinajstić information content (AvgIpc) is 2.24. The Morgan fingerprint density at radius 1 is 1.38 bits per heavy atom. The summed E-state index contributed by atoms with van der Waals surface area (Å²) in [4.78, 5) is 10.9. The van der Waals surface area contributed by atoms with E-state index < -0.39 is 0 Å². The highest BCUT2D eigenvalue weighted by molar-refractivity contribution is 5.74. The normalized spacial score (nSPS) is 16.1. The molecule has 0 aliphatic heterocycles. The standard InChI is InChI=1S/C14H21NO/c1-5-6-13(7-11(2)3)8-14(10-16)12(4)9-15/h5-6,8,10-13H,7H2,1-4H3/b6-5-,14-8-/t12-,13?/m1/s1. The number of nitriles is 1. The molecule has 0 bridgehead atoms. The first kappa shape index (κ1) is 14.6. The number of aldehydes is 1. The molecule has 0 N–H and O–H groups in total. The molecule has 0 aromatic heterocycles. The zero-order chi connectivity index (χ0) is 12.6. The number of hydrogen-bond acceptors (Lipinski definition) is 2. The van der Waals surface area contributed by atoms with Crippen LogP contribution in [0.2, 0.25) is 0 Å². The predicted molar refractivity (Wildman–Crippen MR) is 66.7 cm³/mol. The molecule has 2 atom stereocenters. The molecule has 0 rings (SSSR count). The summed E-state index contributed by atoms with van der Waals surface area (Å²) >= 11 is 0. The summed E-state index contributed by atoms with van der Waals surface area (Å²) in [6.45, 7) is 8.02. The number of hydrogen-bond donors (Lipinski definition) is 0. The van der Waals surface area contributed by atoms with Gasteiger partial charge in [-0.3, -0.25) is 4.79 Å². The van der Waals surface area contributed by atoms with Crippen LogP contribution in [0, 0.1) is 29.1 Å². The lowest BCUT2D eigenvalue weighted by Gasteiger charge is -2.12. The summed E-state index contributed by atoms with van der Waals surface area (Å²) in [6.07, 6.45) is 7.78. The summed E-state index contributed by atoms with van der Waals surface area (Å²) < 4.78 is 0. The number of rotatable bonds is 6. The lowest BCUT2D eigenvalue weighted by molar-refractivity contribution is -0.105. The summed E-state index contributed by atoms with van der Waals surface area (Å²) in [5.41, 5.74) is 0.589. The van der Waals surface area contributed by atoms with Crippen molar-refractivity contribution in [2.75, 3.05) is 0 Å². The monoisotopic (exact) mass is 219 g/mol. The molecule has 0 fully saturated rings. The van der Waals surface area contributed by atoms with Gasteiger partial charge in [0.1, 0.15) is 6.29 Å². The molecule has 0 amide bonds. The van der Waals surface area contributed by atoms with E-state index in [-0.39, 0.29) is 11.8 Å². The summed E-state index contributed by atoms with van der Waals surface area (Å²) in [6, 6.07) is 2.09. The van der Waals surface area contributed by atoms with Gasteiger partial charge in [0.2, 0.25) is 0 Å². The second kappa shape index (κ2) is 7.87. The minimum Gasteiger partial charge on any atom is -0.298 e. The number of carbonyl (C=O) groups excluding carboxylic acids is 1. The number of carbonyl (C=O) groups is 1. The second-order valence-corrected chi connectivity index (χ2v) is 4.45. The fourth-order valence-corrected chi connectivity index (χ4v) is 1.60. The topological polar surface area (TPSA) is 40.9 Å². The van der Waals surface area contributed by atoms with E-state index in [2.05, 4.69) is 26.0 Å². The minimum absolute atomic E-state index is 0.251. The third-order valence-electron chi connectivity index (χ3n) is 2.42. The third kappa shape index (κ3) is 5.50. The van der Waals surface area contributed by atoms with Crippen LogP contribution < -0.4 is 0 Å². The van der Waals surface area contributed by atoms with Crippen molar-refractivity contribution >= 4 is 6.29 Å². The van der Waals surface area contributed by atoms with Crippen LogP contribution in [0.1, 0.15) is 34.1 Å². The quantitative estimate of drug-likeness (QED) is 0.389. The fourth-order valence-electron chi connectivity index (χ4n) is 1.60. The minimum atomic E-state index is -0.322. The van der Waals surface area contributed by atoms with Gasteiger partial charge in [-0.25, -0.2) is 0 Å². The van der Waals surface area contributed by atoms with Crippen LogP contribution in [0.15, 0.2) is 23.8 Å². The van der Waals surface area contributed by atoms with Crippen molar-refractivity contribution in [1.82, 2.24) is 0 Å². The fraction of sp³-hybridized carbons (Fsp3) is 0.571. The first-order valence-electron chi connectivity index (χ1n) is 5.74. The Bertz CT molecular complexity index is 307. The first-order valence-corrected chi connectivity index (χ1v) is 5.74. The Balaban J connectivity index is 4.86. The van der Waals surface area contributed by atoms with Gasteiger partial charge >= 0.3 is 0 Å². The molecule has 0 aromatic rings. The van der Waals surface area contributed by atoms with Gasteiger partial charge in [0.25, 0.3) is 0 Å². The van der Waals surface area contributed by atoms with Crippen LogP contribution in [0.5, 0.6) is 0 Å². The third-order valence-corrected chi connectivity index (χ3v) is 2.42. The van der Waals surface area contributed by atoms with E-state index in [4.69, 9.17) is 5.26 Å². The van der Waals surface area contributed by atoms with Crippen LogP contribution in [0.4, 0.5) is 0 Å². The zero-order valence-corrected chi connectivity index (χ0v) is 10.6. The highest BCUT2D eigenvalue weighted by Crippen LogP contribution is 2.18. The van der Waals surface area contributed by atoms with Crippen molar-refractivity contribution in [3.63, 3.8) is 0 Å². The van der Waals surface area contributed by atoms with Crippen LogP contribution in [0.3, 0.4) is 0 Å². The number of allylic oxidation sites excluding steroid dienone is 4. The Labute approximate surface area is 98.7 Å². The van der Waals surface area contributed by atoms with Gasteiger partial charge in [-0.05, 0) is 32.1 Å². The van der Waals surface area contributed by atoms with Crippen molar-refractivity contribution in [2.45, 2.75) is 34.1 Å². The summed E-state index contributed by atoms with van der Waals surface area (Å²) in [5.74, 6) is 0.501. The molecule has 88 valence electrons. The maximum Gasteiger partial charge on any atom is 0.147 e.